The number of furan rings is 1. The number of benzene rings is 2. The monoisotopic (exact) mass is 324 g/mol. The number of carbonyl (C=O) groups excluding carboxylic acids is 1. The van der Waals surface area contributed by atoms with E-state index < -0.39 is 0 Å². The molecule has 0 aliphatic carbocycles. The molecular formula is C20H20O4. The van der Waals surface area contributed by atoms with Gasteiger partial charge in [-0.05, 0) is 50.1 Å². The first-order valence-electron chi connectivity index (χ1n) is 7.97. The van der Waals surface area contributed by atoms with Gasteiger partial charge < -0.3 is 13.9 Å². The van der Waals surface area contributed by atoms with Crippen molar-refractivity contribution in [1.29, 1.82) is 0 Å². The summed E-state index contributed by atoms with van der Waals surface area (Å²) in [6.45, 7) is 6.41. The van der Waals surface area contributed by atoms with E-state index in [-0.39, 0.29) is 5.97 Å². The van der Waals surface area contributed by atoms with Crippen LogP contribution in [0.2, 0.25) is 0 Å². The van der Waals surface area contributed by atoms with Crippen molar-refractivity contribution in [3.8, 4) is 5.75 Å². The number of ether oxygens (including phenoxy) is 2. The Kier molecular flexibility index (Phi) is 4.56. The second kappa shape index (κ2) is 6.79. The molecule has 0 amide bonds. The number of fused-ring (bicyclic) bond motifs is 1. The molecule has 1 aromatic heterocycles. The molecule has 0 bridgehead atoms. The zero-order valence-electron chi connectivity index (χ0n) is 14.1. The van der Waals surface area contributed by atoms with E-state index in [1.165, 1.54) is 5.56 Å². The lowest BCUT2D eigenvalue weighted by molar-refractivity contribution is 0.0526. The van der Waals surface area contributed by atoms with Crippen LogP contribution in [-0.2, 0) is 11.3 Å². The lowest BCUT2D eigenvalue weighted by Gasteiger charge is -2.08. The van der Waals surface area contributed by atoms with Gasteiger partial charge in [0.2, 0.25) is 0 Å². The Hall–Kier alpha value is -2.75. The highest BCUT2D eigenvalue weighted by Crippen LogP contribution is 2.30. The molecule has 3 aromatic rings. The van der Waals surface area contributed by atoms with Crippen LogP contribution in [0.15, 0.2) is 46.9 Å². The van der Waals surface area contributed by atoms with Crippen LogP contribution < -0.4 is 4.74 Å². The average molecular weight is 324 g/mol. The maximum Gasteiger partial charge on any atom is 0.342 e. The first-order valence-corrected chi connectivity index (χ1v) is 7.97. The first-order chi connectivity index (χ1) is 11.6. The molecule has 4 heteroatoms. The fourth-order valence-corrected chi connectivity index (χ4v) is 2.68. The van der Waals surface area contributed by atoms with E-state index in [1.54, 1.807) is 13.8 Å². The first kappa shape index (κ1) is 16.1. The lowest BCUT2D eigenvalue weighted by atomic mass is 10.1. The molecule has 0 spiro atoms. The van der Waals surface area contributed by atoms with Crippen molar-refractivity contribution >= 4 is 16.9 Å². The second-order valence-corrected chi connectivity index (χ2v) is 5.63. The van der Waals surface area contributed by atoms with Gasteiger partial charge in [-0.3, -0.25) is 0 Å². The van der Waals surface area contributed by atoms with Crippen LogP contribution in [-0.4, -0.2) is 12.6 Å². The molecule has 24 heavy (non-hydrogen) atoms. The van der Waals surface area contributed by atoms with Crippen LogP contribution in [0.25, 0.3) is 11.0 Å². The van der Waals surface area contributed by atoms with Crippen LogP contribution in [0.3, 0.4) is 0 Å². The van der Waals surface area contributed by atoms with Gasteiger partial charge >= 0.3 is 5.97 Å². The minimum Gasteiger partial charge on any atom is -0.489 e. The number of aryl methyl sites for hydroxylation is 2. The SMILES string of the molecule is CCOC(=O)c1c(C)oc2ccc(OCc3ccccc3C)cc12. The van der Waals surface area contributed by atoms with Crippen LogP contribution in [0.4, 0.5) is 0 Å². The van der Waals surface area contributed by atoms with Gasteiger partial charge in [-0.1, -0.05) is 24.3 Å². The maximum absolute atomic E-state index is 12.2. The van der Waals surface area contributed by atoms with Gasteiger partial charge in [0.05, 0.1) is 6.61 Å². The van der Waals surface area contributed by atoms with Crippen molar-refractivity contribution in [2.24, 2.45) is 0 Å². The molecule has 2 aromatic carbocycles. The quantitative estimate of drug-likeness (QED) is 0.632. The summed E-state index contributed by atoms with van der Waals surface area (Å²) in [5.41, 5.74) is 3.43. The molecule has 0 saturated heterocycles. The molecule has 124 valence electrons. The molecule has 0 fully saturated rings. The van der Waals surface area contributed by atoms with Gasteiger partial charge in [0.15, 0.2) is 0 Å². The van der Waals surface area contributed by atoms with Crippen LogP contribution >= 0.6 is 0 Å². The van der Waals surface area contributed by atoms with E-state index in [4.69, 9.17) is 13.9 Å². The third-order valence-corrected chi connectivity index (χ3v) is 3.97. The predicted octanol–water partition coefficient (Wildman–Crippen LogP) is 4.81. The normalized spacial score (nSPS) is 10.8. The summed E-state index contributed by atoms with van der Waals surface area (Å²) < 4.78 is 16.7. The van der Waals surface area contributed by atoms with Crippen molar-refractivity contribution in [2.45, 2.75) is 27.4 Å². The summed E-state index contributed by atoms with van der Waals surface area (Å²) in [5.74, 6) is 0.876. The van der Waals surface area contributed by atoms with Gasteiger partial charge in [-0.25, -0.2) is 4.79 Å². The highest BCUT2D eigenvalue weighted by molar-refractivity contribution is 6.04. The minimum absolute atomic E-state index is 0.328. The van der Waals surface area contributed by atoms with E-state index >= 15 is 0 Å². The van der Waals surface area contributed by atoms with E-state index in [9.17, 15) is 4.79 Å². The summed E-state index contributed by atoms with van der Waals surface area (Å²) in [4.78, 5) is 12.2. The second-order valence-electron chi connectivity index (χ2n) is 5.63. The molecule has 3 rings (SSSR count). The number of hydrogen-bond acceptors (Lipinski definition) is 4. The molecule has 0 unspecified atom stereocenters. The number of esters is 1. The van der Waals surface area contributed by atoms with Gasteiger partial charge in [0.1, 0.15) is 29.3 Å². The molecule has 0 N–H and O–H groups in total. The van der Waals surface area contributed by atoms with Gasteiger partial charge in [-0.2, -0.15) is 0 Å². The third-order valence-electron chi connectivity index (χ3n) is 3.97. The summed E-state index contributed by atoms with van der Waals surface area (Å²) in [7, 11) is 0. The summed E-state index contributed by atoms with van der Waals surface area (Å²) in [6.07, 6.45) is 0. The van der Waals surface area contributed by atoms with Crippen molar-refractivity contribution in [2.75, 3.05) is 6.61 Å². The van der Waals surface area contributed by atoms with E-state index in [1.807, 2.05) is 36.4 Å². The molecule has 0 radical (unpaired) electrons. The highest BCUT2D eigenvalue weighted by Gasteiger charge is 2.19. The third kappa shape index (κ3) is 3.13. The Morgan fingerprint density at radius 1 is 1.12 bits per heavy atom. The van der Waals surface area contributed by atoms with Gasteiger partial charge in [0.25, 0.3) is 0 Å². The standard InChI is InChI=1S/C20H20O4/c1-4-22-20(21)19-14(3)24-18-10-9-16(11-17(18)19)23-12-15-8-6-5-7-13(15)2/h5-11H,4,12H2,1-3H3. The van der Waals surface area contributed by atoms with E-state index in [0.717, 1.165) is 5.56 Å². The molecule has 0 saturated carbocycles. The van der Waals surface area contributed by atoms with E-state index in [2.05, 4.69) is 13.0 Å². The molecule has 1 heterocycles. The molecule has 0 aliphatic rings. The highest BCUT2D eigenvalue weighted by atomic mass is 16.5. The largest absolute Gasteiger partial charge is 0.489 e. The fraction of sp³-hybridized carbons (Fsp3) is 0.250. The number of hydrogen-bond donors (Lipinski definition) is 0. The van der Waals surface area contributed by atoms with Crippen molar-refractivity contribution in [1.82, 2.24) is 0 Å². The minimum atomic E-state index is -0.371. The van der Waals surface area contributed by atoms with Crippen molar-refractivity contribution in [3.05, 3.63) is 64.9 Å². The fourth-order valence-electron chi connectivity index (χ4n) is 2.68. The summed E-state index contributed by atoms with van der Waals surface area (Å²) >= 11 is 0. The number of rotatable bonds is 5. The molecular weight excluding hydrogens is 304 g/mol. The van der Waals surface area contributed by atoms with Crippen LogP contribution in [0.1, 0.15) is 34.2 Å². The van der Waals surface area contributed by atoms with Gasteiger partial charge in [-0.15, -0.1) is 0 Å². The van der Waals surface area contributed by atoms with Gasteiger partial charge in [0, 0.05) is 5.39 Å². The Labute approximate surface area is 141 Å². The Balaban J connectivity index is 1.89. The molecule has 0 atom stereocenters. The van der Waals surface area contributed by atoms with Crippen LogP contribution in [0.5, 0.6) is 5.75 Å². The summed E-state index contributed by atoms with van der Waals surface area (Å²) in [6, 6.07) is 13.6. The smallest absolute Gasteiger partial charge is 0.342 e. The van der Waals surface area contributed by atoms with Crippen molar-refractivity contribution < 1.29 is 18.7 Å². The Bertz CT molecular complexity index is 876. The Morgan fingerprint density at radius 3 is 2.67 bits per heavy atom. The number of carbonyl (C=O) groups is 1. The maximum atomic E-state index is 12.2. The van der Waals surface area contributed by atoms with E-state index in [0.29, 0.717) is 41.3 Å². The average Bonchev–Trinajstić information content (AvgIpc) is 2.89. The lowest BCUT2D eigenvalue weighted by Crippen LogP contribution is -2.05. The zero-order chi connectivity index (χ0) is 17.1. The summed E-state index contributed by atoms with van der Waals surface area (Å²) in [5, 5.41) is 0.716. The predicted molar refractivity (Wildman–Crippen MR) is 92.4 cm³/mol. The topological polar surface area (TPSA) is 48.7 Å². The molecule has 4 nitrogen and oxygen atoms in total. The van der Waals surface area contributed by atoms with Crippen LogP contribution in [0, 0.1) is 13.8 Å². The Morgan fingerprint density at radius 2 is 1.92 bits per heavy atom. The van der Waals surface area contributed by atoms with Crippen molar-refractivity contribution in [3.63, 3.8) is 0 Å². The zero-order valence-corrected chi connectivity index (χ0v) is 14.1. The molecule has 0 aliphatic heterocycles.